The van der Waals surface area contributed by atoms with Gasteiger partial charge in [-0.3, -0.25) is 4.99 Å². The van der Waals surface area contributed by atoms with Crippen LogP contribution in [-0.4, -0.2) is 80.9 Å². The molecule has 0 aliphatic carbocycles. The Balaban J connectivity index is 2.34. The van der Waals surface area contributed by atoms with Crippen molar-refractivity contribution in [1.29, 1.82) is 0 Å². The molecule has 0 aromatic carbocycles. The van der Waals surface area contributed by atoms with E-state index in [0.29, 0.717) is 19.7 Å². The Bertz CT molecular complexity index is 369. The second-order valence-corrected chi connectivity index (χ2v) is 5.73. The van der Waals surface area contributed by atoms with Crippen LogP contribution in [0.25, 0.3) is 0 Å². The predicted molar refractivity (Wildman–Crippen MR) is 96.5 cm³/mol. The molecule has 24 heavy (non-hydrogen) atoms. The maximum absolute atomic E-state index is 11.7. The van der Waals surface area contributed by atoms with Crippen LogP contribution >= 0.6 is 0 Å². The highest BCUT2D eigenvalue weighted by atomic mass is 16.6. The van der Waals surface area contributed by atoms with Crippen molar-refractivity contribution in [2.45, 2.75) is 40.0 Å². The number of carbonyl (C=O) groups is 1. The number of aliphatic imine (C=N–C) groups is 1. The van der Waals surface area contributed by atoms with E-state index in [4.69, 9.17) is 9.47 Å². The molecule has 140 valence electrons. The van der Waals surface area contributed by atoms with E-state index in [2.05, 4.69) is 29.1 Å². The summed E-state index contributed by atoms with van der Waals surface area (Å²) in [5, 5.41) is 3.33. The summed E-state index contributed by atoms with van der Waals surface area (Å²) >= 11 is 0. The highest BCUT2D eigenvalue weighted by molar-refractivity contribution is 5.80. The van der Waals surface area contributed by atoms with Crippen molar-refractivity contribution < 1.29 is 14.3 Å². The van der Waals surface area contributed by atoms with Gasteiger partial charge in [-0.15, -0.1) is 0 Å². The molecular weight excluding hydrogens is 308 g/mol. The molecule has 1 heterocycles. The molecule has 7 heteroatoms. The summed E-state index contributed by atoms with van der Waals surface area (Å²) in [4.78, 5) is 20.4. The van der Waals surface area contributed by atoms with E-state index in [0.717, 1.165) is 58.2 Å². The quantitative estimate of drug-likeness (QED) is 0.394. The molecule has 7 nitrogen and oxygen atoms in total. The Morgan fingerprint density at radius 3 is 2.33 bits per heavy atom. The zero-order valence-electron chi connectivity index (χ0n) is 15.6. The van der Waals surface area contributed by atoms with E-state index < -0.39 is 0 Å². The number of ether oxygens (including phenoxy) is 2. The van der Waals surface area contributed by atoms with Gasteiger partial charge in [0, 0.05) is 52.5 Å². The van der Waals surface area contributed by atoms with Crippen LogP contribution in [0.3, 0.4) is 0 Å². The third-order valence-corrected chi connectivity index (χ3v) is 3.79. The average Bonchev–Trinajstić information content (AvgIpc) is 2.60. The number of carbonyl (C=O) groups excluding carboxylic acids is 1. The Morgan fingerprint density at radius 1 is 1.04 bits per heavy atom. The lowest BCUT2D eigenvalue weighted by Gasteiger charge is -2.35. The number of amides is 1. The van der Waals surface area contributed by atoms with Crippen LogP contribution in [0.4, 0.5) is 4.79 Å². The van der Waals surface area contributed by atoms with Crippen molar-refractivity contribution >= 4 is 12.1 Å². The Morgan fingerprint density at radius 2 is 1.71 bits per heavy atom. The van der Waals surface area contributed by atoms with Gasteiger partial charge in [0.05, 0.1) is 6.61 Å². The third kappa shape index (κ3) is 7.86. The van der Waals surface area contributed by atoms with Crippen LogP contribution in [0.15, 0.2) is 4.99 Å². The number of piperazine rings is 1. The van der Waals surface area contributed by atoms with Gasteiger partial charge in [0.1, 0.15) is 0 Å². The van der Waals surface area contributed by atoms with Gasteiger partial charge in [-0.25, -0.2) is 4.79 Å². The summed E-state index contributed by atoms with van der Waals surface area (Å²) in [6.07, 6.45) is 3.00. The predicted octanol–water partition coefficient (Wildman–Crippen LogP) is 1.93. The first-order valence-electron chi connectivity index (χ1n) is 9.25. The summed E-state index contributed by atoms with van der Waals surface area (Å²) in [7, 11) is 0. The largest absolute Gasteiger partial charge is 0.450 e. The normalized spacial score (nSPS) is 15.5. The molecule has 0 bridgehead atoms. The van der Waals surface area contributed by atoms with Crippen molar-refractivity contribution in [3.63, 3.8) is 0 Å². The maximum Gasteiger partial charge on any atom is 0.409 e. The number of nitrogens with one attached hydrogen (secondary N) is 1. The SMILES string of the molecule is CCCCOCCCN=C(NCC)N1CCN(C(=O)OCC)CC1. The van der Waals surface area contributed by atoms with Crippen LogP contribution < -0.4 is 5.32 Å². The summed E-state index contributed by atoms with van der Waals surface area (Å²) in [5.41, 5.74) is 0. The molecule has 0 radical (unpaired) electrons. The van der Waals surface area contributed by atoms with Gasteiger partial charge in [-0.05, 0) is 26.7 Å². The lowest BCUT2D eigenvalue weighted by Crippen LogP contribution is -2.53. The number of hydrogen-bond donors (Lipinski definition) is 1. The van der Waals surface area contributed by atoms with Crippen LogP contribution in [0, 0.1) is 0 Å². The van der Waals surface area contributed by atoms with Crippen molar-refractivity contribution in [3.05, 3.63) is 0 Å². The standard InChI is InChI=1S/C17H34N4O3/c1-4-7-14-23-15-8-9-19-16(18-5-2)20-10-12-21(13-11-20)17(22)24-6-3/h4-15H2,1-3H3,(H,18,19). The van der Waals surface area contributed by atoms with Crippen molar-refractivity contribution in [1.82, 2.24) is 15.1 Å². The second-order valence-electron chi connectivity index (χ2n) is 5.73. The summed E-state index contributed by atoms with van der Waals surface area (Å²) < 4.78 is 10.6. The van der Waals surface area contributed by atoms with E-state index in [1.165, 1.54) is 6.42 Å². The Kier molecular flexibility index (Phi) is 11.0. The first kappa shape index (κ1) is 20.5. The number of rotatable bonds is 9. The van der Waals surface area contributed by atoms with Crippen LogP contribution in [0.5, 0.6) is 0 Å². The average molecular weight is 342 g/mol. The van der Waals surface area contributed by atoms with Gasteiger partial charge in [0.2, 0.25) is 0 Å². The minimum absolute atomic E-state index is 0.219. The van der Waals surface area contributed by atoms with E-state index in [-0.39, 0.29) is 6.09 Å². The molecule has 1 saturated heterocycles. The molecule has 0 atom stereocenters. The zero-order chi connectivity index (χ0) is 17.6. The third-order valence-electron chi connectivity index (χ3n) is 3.79. The molecule has 1 fully saturated rings. The smallest absolute Gasteiger partial charge is 0.409 e. The molecule has 0 spiro atoms. The van der Waals surface area contributed by atoms with Gasteiger partial charge in [0.15, 0.2) is 5.96 Å². The molecule has 0 unspecified atom stereocenters. The lowest BCUT2D eigenvalue weighted by atomic mass is 10.3. The van der Waals surface area contributed by atoms with E-state index in [1.807, 2.05) is 6.92 Å². The fraction of sp³-hybridized carbons (Fsp3) is 0.882. The first-order chi connectivity index (χ1) is 11.7. The molecule has 0 aromatic heterocycles. The first-order valence-corrected chi connectivity index (χ1v) is 9.25. The molecule has 0 saturated carbocycles. The lowest BCUT2D eigenvalue weighted by molar-refractivity contribution is 0.0914. The van der Waals surface area contributed by atoms with Gasteiger partial charge in [-0.2, -0.15) is 0 Å². The molecule has 1 rings (SSSR count). The topological polar surface area (TPSA) is 66.4 Å². The summed E-state index contributed by atoms with van der Waals surface area (Å²) in [5.74, 6) is 0.926. The van der Waals surface area contributed by atoms with Crippen molar-refractivity contribution in [2.24, 2.45) is 4.99 Å². The monoisotopic (exact) mass is 342 g/mol. The number of hydrogen-bond acceptors (Lipinski definition) is 4. The fourth-order valence-corrected chi connectivity index (χ4v) is 2.44. The molecule has 1 aliphatic heterocycles. The fourth-order valence-electron chi connectivity index (χ4n) is 2.44. The van der Waals surface area contributed by atoms with Gasteiger partial charge < -0.3 is 24.6 Å². The summed E-state index contributed by atoms with van der Waals surface area (Å²) in [6.45, 7) is 12.6. The number of nitrogens with zero attached hydrogens (tertiary/aromatic N) is 3. The second kappa shape index (κ2) is 12.9. The number of unbranched alkanes of at least 4 members (excludes halogenated alkanes) is 1. The maximum atomic E-state index is 11.7. The van der Waals surface area contributed by atoms with Gasteiger partial charge in [-0.1, -0.05) is 13.3 Å². The van der Waals surface area contributed by atoms with E-state index in [9.17, 15) is 4.79 Å². The molecule has 0 aromatic rings. The number of guanidine groups is 1. The van der Waals surface area contributed by atoms with E-state index in [1.54, 1.807) is 4.90 Å². The van der Waals surface area contributed by atoms with Crippen LogP contribution in [0.2, 0.25) is 0 Å². The Hall–Kier alpha value is -1.50. The van der Waals surface area contributed by atoms with Gasteiger partial charge in [0.25, 0.3) is 0 Å². The minimum Gasteiger partial charge on any atom is -0.450 e. The summed E-state index contributed by atoms with van der Waals surface area (Å²) in [6, 6.07) is 0. The van der Waals surface area contributed by atoms with Gasteiger partial charge >= 0.3 is 6.09 Å². The van der Waals surface area contributed by atoms with Crippen molar-refractivity contribution in [2.75, 3.05) is 59.1 Å². The highest BCUT2D eigenvalue weighted by Gasteiger charge is 2.23. The molecule has 1 amide bonds. The van der Waals surface area contributed by atoms with Crippen LogP contribution in [-0.2, 0) is 9.47 Å². The molecule has 1 N–H and O–H groups in total. The highest BCUT2D eigenvalue weighted by Crippen LogP contribution is 2.04. The molecular formula is C17H34N4O3. The minimum atomic E-state index is -0.219. The van der Waals surface area contributed by atoms with Crippen LogP contribution in [0.1, 0.15) is 40.0 Å². The Labute approximate surface area is 146 Å². The zero-order valence-corrected chi connectivity index (χ0v) is 15.6. The van der Waals surface area contributed by atoms with Crippen molar-refractivity contribution in [3.8, 4) is 0 Å². The van der Waals surface area contributed by atoms with E-state index >= 15 is 0 Å². The molecule has 1 aliphatic rings.